The van der Waals surface area contributed by atoms with Crippen LogP contribution in [0.3, 0.4) is 0 Å². The first-order valence-electron chi connectivity index (χ1n) is 11.5. The van der Waals surface area contributed by atoms with Crippen molar-refractivity contribution in [2.45, 2.75) is 56.2 Å². The van der Waals surface area contributed by atoms with Crippen LogP contribution < -0.4 is 14.9 Å². The van der Waals surface area contributed by atoms with Gasteiger partial charge in [-0.2, -0.15) is 0 Å². The van der Waals surface area contributed by atoms with Gasteiger partial charge in [0.15, 0.2) is 0 Å². The van der Waals surface area contributed by atoms with E-state index in [-0.39, 0.29) is 54.1 Å². The number of anilines is 1. The molecule has 0 radical (unpaired) electrons. The maximum atomic E-state index is 14.2. The molecule has 4 rings (SSSR count). The van der Waals surface area contributed by atoms with Gasteiger partial charge in [-0.15, -0.1) is 0 Å². The normalized spacial score (nSPS) is 22.1. The van der Waals surface area contributed by atoms with Gasteiger partial charge in [-0.05, 0) is 43.5 Å². The van der Waals surface area contributed by atoms with Gasteiger partial charge in [0.25, 0.3) is 0 Å². The molecule has 2 N–H and O–H groups in total. The third kappa shape index (κ3) is 6.01. The van der Waals surface area contributed by atoms with Crippen LogP contribution in [-0.4, -0.2) is 44.0 Å². The lowest BCUT2D eigenvalue weighted by Gasteiger charge is -2.35. The summed E-state index contributed by atoms with van der Waals surface area (Å²) in [6, 6.07) is 8.12. The highest BCUT2D eigenvalue weighted by molar-refractivity contribution is 7.89. The molecular weight excluding hydrogens is 519 g/mol. The van der Waals surface area contributed by atoms with E-state index in [1.54, 1.807) is 12.1 Å². The SMILES string of the molecule is O=C(NC1CCC(F)(F)CC1)C(c1ccccc1Cl)N(C(=O)[C@@H]1CCS(=O)(=O)N1)c1cccc(F)c1. The van der Waals surface area contributed by atoms with Crippen LogP contribution in [0.1, 0.15) is 43.7 Å². The van der Waals surface area contributed by atoms with E-state index in [9.17, 15) is 31.2 Å². The summed E-state index contributed by atoms with van der Waals surface area (Å²) in [6.07, 6.45) is -0.716. The lowest BCUT2D eigenvalue weighted by molar-refractivity contribution is -0.128. The number of benzene rings is 2. The van der Waals surface area contributed by atoms with E-state index in [0.717, 1.165) is 17.0 Å². The second kappa shape index (κ2) is 10.4. The van der Waals surface area contributed by atoms with Crippen molar-refractivity contribution in [3.63, 3.8) is 0 Å². The van der Waals surface area contributed by atoms with Crippen molar-refractivity contribution < 1.29 is 31.2 Å². The minimum absolute atomic E-state index is 0.0151. The second-order valence-electron chi connectivity index (χ2n) is 9.03. The van der Waals surface area contributed by atoms with Crippen LogP contribution in [0.2, 0.25) is 5.02 Å². The Balaban J connectivity index is 1.75. The van der Waals surface area contributed by atoms with Gasteiger partial charge >= 0.3 is 0 Å². The van der Waals surface area contributed by atoms with E-state index in [1.807, 2.05) is 0 Å². The highest BCUT2D eigenvalue weighted by Crippen LogP contribution is 2.36. The zero-order chi connectivity index (χ0) is 26.1. The smallest absolute Gasteiger partial charge is 0.248 e. The summed E-state index contributed by atoms with van der Waals surface area (Å²) in [4.78, 5) is 28.4. The maximum Gasteiger partial charge on any atom is 0.248 e. The topological polar surface area (TPSA) is 95.6 Å². The molecule has 1 aliphatic carbocycles. The number of nitrogens with zero attached hydrogens (tertiary/aromatic N) is 1. The molecule has 2 atom stereocenters. The van der Waals surface area contributed by atoms with E-state index in [1.165, 1.54) is 24.3 Å². The fraction of sp³-hybridized carbons (Fsp3) is 0.417. The van der Waals surface area contributed by atoms with E-state index in [0.29, 0.717) is 0 Å². The molecule has 2 aliphatic rings. The second-order valence-corrected chi connectivity index (χ2v) is 11.3. The summed E-state index contributed by atoms with van der Waals surface area (Å²) in [5.74, 6) is -5.22. The molecule has 0 spiro atoms. The van der Waals surface area contributed by atoms with E-state index < -0.39 is 51.7 Å². The summed E-state index contributed by atoms with van der Waals surface area (Å²) in [5, 5.41) is 2.90. The predicted molar refractivity (Wildman–Crippen MR) is 129 cm³/mol. The Labute approximate surface area is 212 Å². The van der Waals surface area contributed by atoms with Crippen molar-refractivity contribution in [2.24, 2.45) is 0 Å². The Kier molecular flexibility index (Phi) is 7.63. The lowest BCUT2D eigenvalue weighted by atomic mass is 9.91. The zero-order valence-corrected chi connectivity index (χ0v) is 20.7. The zero-order valence-electron chi connectivity index (χ0n) is 19.1. The van der Waals surface area contributed by atoms with E-state index in [4.69, 9.17) is 11.6 Å². The number of carbonyl (C=O) groups excluding carboxylic acids is 2. The van der Waals surface area contributed by atoms with Gasteiger partial charge in [0.05, 0.1) is 5.75 Å². The molecule has 1 saturated carbocycles. The molecule has 2 amide bonds. The largest absolute Gasteiger partial charge is 0.351 e. The number of amides is 2. The Hall–Kier alpha value is -2.63. The molecule has 2 fully saturated rings. The maximum absolute atomic E-state index is 14.2. The lowest BCUT2D eigenvalue weighted by Crippen LogP contribution is -2.52. The fourth-order valence-electron chi connectivity index (χ4n) is 4.54. The molecule has 0 aromatic heterocycles. The van der Waals surface area contributed by atoms with Gasteiger partial charge in [0.1, 0.15) is 17.9 Å². The average Bonchev–Trinajstić information content (AvgIpc) is 3.18. The van der Waals surface area contributed by atoms with Crippen LogP contribution in [0.4, 0.5) is 18.9 Å². The van der Waals surface area contributed by atoms with Crippen molar-refractivity contribution in [3.8, 4) is 0 Å². The number of halogens is 4. The number of hydrogen-bond donors (Lipinski definition) is 2. The van der Waals surface area contributed by atoms with Crippen LogP contribution in [0.5, 0.6) is 0 Å². The minimum Gasteiger partial charge on any atom is -0.351 e. The minimum atomic E-state index is -3.69. The van der Waals surface area contributed by atoms with Gasteiger partial charge in [0.2, 0.25) is 27.8 Å². The standard InChI is InChI=1S/C24H25ClF3N3O4S/c25-19-7-2-1-6-18(19)21(22(32)29-16-8-11-24(27,28)12-9-16)31(17-5-3-4-15(26)14-17)23(33)20-10-13-36(34,35)30-20/h1-7,14,16,20-21,30H,8-13H2,(H,29,32)/t20-,21?/m0/s1. The number of carbonyl (C=O) groups is 2. The first kappa shape index (κ1) is 26.4. The Morgan fingerprint density at radius 3 is 2.39 bits per heavy atom. The average molecular weight is 544 g/mol. The fourth-order valence-corrected chi connectivity index (χ4v) is 6.09. The van der Waals surface area contributed by atoms with Crippen LogP contribution >= 0.6 is 11.6 Å². The molecular formula is C24H25ClF3N3O4S. The highest BCUT2D eigenvalue weighted by atomic mass is 35.5. The highest BCUT2D eigenvalue weighted by Gasteiger charge is 2.42. The third-order valence-electron chi connectivity index (χ3n) is 6.39. The predicted octanol–water partition coefficient (Wildman–Crippen LogP) is 3.94. The molecule has 2 aromatic rings. The monoisotopic (exact) mass is 543 g/mol. The molecule has 12 heteroatoms. The molecule has 2 aromatic carbocycles. The molecule has 1 unspecified atom stereocenters. The number of sulfonamides is 1. The van der Waals surface area contributed by atoms with Crippen molar-refractivity contribution in [2.75, 3.05) is 10.7 Å². The quantitative estimate of drug-likeness (QED) is 0.577. The van der Waals surface area contributed by atoms with Gasteiger partial charge in [-0.25, -0.2) is 26.3 Å². The Morgan fingerprint density at radius 2 is 1.78 bits per heavy atom. The van der Waals surface area contributed by atoms with Crippen molar-refractivity contribution >= 4 is 39.1 Å². The number of nitrogens with one attached hydrogen (secondary N) is 2. The molecule has 1 aliphatic heterocycles. The van der Waals surface area contributed by atoms with Crippen molar-refractivity contribution in [1.82, 2.24) is 10.0 Å². The number of hydrogen-bond acceptors (Lipinski definition) is 4. The van der Waals surface area contributed by atoms with Crippen LogP contribution in [0.15, 0.2) is 48.5 Å². The molecule has 0 bridgehead atoms. The first-order valence-corrected chi connectivity index (χ1v) is 13.5. The summed E-state index contributed by atoms with van der Waals surface area (Å²) in [7, 11) is -3.69. The molecule has 194 valence electrons. The van der Waals surface area contributed by atoms with E-state index >= 15 is 0 Å². The first-order chi connectivity index (χ1) is 17.0. The molecule has 1 saturated heterocycles. The van der Waals surface area contributed by atoms with Crippen LogP contribution in [-0.2, 0) is 19.6 Å². The van der Waals surface area contributed by atoms with Gasteiger partial charge in [-0.1, -0.05) is 35.9 Å². The third-order valence-corrected chi connectivity index (χ3v) is 8.15. The van der Waals surface area contributed by atoms with Crippen molar-refractivity contribution in [3.05, 3.63) is 64.9 Å². The van der Waals surface area contributed by atoms with Gasteiger partial charge < -0.3 is 5.32 Å². The summed E-state index contributed by atoms with van der Waals surface area (Å²) in [6.45, 7) is 0. The van der Waals surface area contributed by atoms with Crippen LogP contribution in [0, 0.1) is 5.82 Å². The molecule has 1 heterocycles. The Morgan fingerprint density at radius 1 is 1.08 bits per heavy atom. The summed E-state index contributed by atoms with van der Waals surface area (Å²) >= 11 is 6.41. The van der Waals surface area contributed by atoms with Gasteiger partial charge in [0, 0.05) is 35.2 Å². The van der Waals surface area contributed by atoms with Crippen molar-refractivity contribution in [1.29, 1.82) is 0 Å². The van der Waals surface area contributed by atoms with Gasteiger partial charge in [-0.3, -0.25) is 14.5 Å². The summed E-state index contributed by atoms with van der Waals surface area (Å²) in [5.41, 5.74) is 0.234. The summed E-state index contributed by atoms with van der Waals surface area (Å²) < 4.78 is 67.8. The van der Waals surface area contributed by atoms with E-state index in [2.05, 4.69) is 10.0 Å². The Bertz CT molecular complexity index is 1250. The molecule has 7 nitrogen and oxygen atoms in total. The van der Waals surface area contributed by atoms with Crippen LogP contribution in [0.25, 0.3) is 0 Å². The molecule has 36 heavy (non-hydrogen) atoms. The number of alkyl halides is 2. The number of rotatable bonds is 6.